The highest BCUT2D eigenvalue weighted by molar-refractivity contribution is 5.76. The van der Waals surface area contributed by atoms with Crippen molar-refractivity contribution >= 4 is 17.3 Å². The van der Waals surface area contributed by atoms with Crippen molar-refractivity contribution in [3.63, 3.8) is 0 Å². The molecular formula is C26H35N3O. The zero-order valence-electron chi connectivity index (χ0n) is 18.3. The molecule has 0 bridgehead atoms. The fourth-order valence-electron chi connectivity index (χ4n) is 4.77. The third-order valence-corrected chi connectivity index (χ3v) is 6.81. The number of hydrogen-bond donors (Lipinski definition) is 0. The maximum absolute atomic E-state index is 12.3. The zero-order chi connectivity index (χ0) is 20.8. The minimum Gasteiger partial charge on any atom is -0.345 e. The smallest absolute Gasteiger partial charge is 0.222 e. The lowest BCUT2D eigenvalue weighted by atomic mass is 9.91. The van der Waals surface area contributed by atoms with Gasteiger partial charge in [0.1, 0.15) is 0 Å². The van der Waals surface area contributed by atoms with E-state index < -0.39 is 0 Å². The van der Waals surface area contributed by atoms with Gasteiger partial charge in [0.05, 0.1) is 0 Å². The van der Waals surface area contributed by atoms with Gasteiger partial charge < -0.3 is 9.80 Å². The second kappa shape index (κ2) is 10.1. The number of nitrogens with zero attached hydrogens (tertiary/aromatic N) is 3. The molecule has 2 heterocycles. The fraction of sp³-hybridized carbons (Fsp3) is 0.500. The van der Waals surface area contributed by atoms with Crippen molar-refractivity contribution in [2.45, 2.75) is 45.1 Å². The summed E-state index contributed by atoms with van der Waals surface area (Å²) >= 11 is 0. The fourth-order valence-corrected chi connectivity index (χ4v) is 4.77. The number of hydrogen-bond acceptors (Lipinski definition) is 3. The lowest BCUT2D eigenvalue weighted by molar-refractivity contribution is -0.130. The van der Waals surface area contributed by atoms with Crippen molar-refractivity contribution in [2.75, 3.05) is 38.1 Å². The number of carbonyl (C=O) groups excluding carboxylic acids is 1. The van der Waals surface area contributed by atoms with E-state index in [2.05, 4.69) is 76.3 Å². The number of anilines is 2. The Morgan fingerprint density at radius 3 is 2.20 bits per heavy atom. The van der Waals surface area contributed by atoms with Crippen LogP contribution in [0.4, 0.5) is 11.4 Å². The van der Waals surface area contributed by atoms with Crippen LogP contribution in [0.2, 0.25) is 0 Å². The Morgan fingerprint density at radius 1 is 0.900 bits per heavy atom. The average molecular weight is 406 g/mol. The second-order valence-corrected chi connectivity index (χ2v) is 8.91. The predicted octanol–water partition coefficient (Wildman–Crippen LogP) is 5.07. The van der Waals surface area contributed by atoms with Crippen LogP contribution in [0.15, 0.2) is 54.6 Å². The lowest BCUT2D eigenvalue weighted by Crippen LogP contribution is -2.34. The summed E-state index contributed by atoms with van der Waals surface area (Å²) in [5, 5.41) is 0. The third-order valence-electron chi connectivity index (χ3n) is 6.81. The maximum atomic E-state index is 12.3. The SMILES string of the molecule is CN(c1ccccc1)c1ccc(CN2CCC(CCC(=O)N3CCCC3)CC2)cc1. The molecule has 0 spiro atoms. The second-order valence-electron chi connectivity index (χ2n) is 8.91. The van der Waals surface area contributed by atoms with Crippen LogP contribution in [0.3, 0.4) is 0 Å². The molecule has 2 aliphatic heterocycles. The standard InChI is InChI=1S/C26H35N3O/c1-27(24-7-3-2-4-8-24)25-12-9-23(10-13-25)21-28-19-15-22(16-20-28)11-14-26(30)29-17-5-6-18-29/h2-4,7-10,12-13,22H,5-6,11,14-21H2,1H3. The zero-order valence-corrected chi connectivity index (χ0v) is 18.3. The first-order valence-corrected chi connectivity index (χ1v) is 11.6. The first-order chi connectivity index (χ1) is 14.7. The minimum absolute atomic E-state index is 0.385. The van der Waals surface area contributed by atoms with Crippen LogP contribution >= 0.6 is 0 Å². The molecule has 0 saturated carbocycles. The number of amides is 1. The molecule has 2 saturated heterocycles. The molecule has 0 radical (unpaired) electrons. The van der Waals surface area contributed by atoms with Gasteiger partial charge in [-0.1, -0.05) is 30.3 Å². The third kappa shape index (κ3) is 5.42. The number of para-hydroxylation sites is 1. The maximum Gasteiger partial charge on any atom is 0.222 e. The van der Waals surface area contributed by atoms with Crippen molar-refractivity contribution in [2.24, 2.45) is 5.92 Å². The van der Waals surface area contributed by atoms with Crippen molar-refractivity contribution in [1.29, 1.82) is 0 Å². The molecule has 2 aromatic rings. The van der Waals surface area contributed by atoms with Crippen LogP contribution in [0, 0.1) is 5.92 Å². The van der Waals surface area contributed by atoms with Crippen LogP contribution < -0.4 is 4.90 Å². The van der Waals surface area contributed by atoms with Gasteiger partial charge >= 0.3 is 0 Å². The number of carbonyl (C=O) groups is 1. The molecule has 4 rings (SSSR count). The van der Waals surface area contributed by atoms with Crippen LogP contribution in [0.25, 0.3) is 0 Å². The normalized spacial score (nSPS) is 18.0. The van der Waals surface area contributed by atoms with E-state index in [9.17, 15) is 4.79 Å². The molecule has 0 aromatic heterocycles. The van der Waals surface area contributed by atoms with Gasteiger partial charge in [-0.2, -0.15) is 0 Å². The Labute approximate surface area is 181 Å². The van der Waals surface area contributed by atoms with E-state index in [1.165, 1.54) is 42.6 Å². The molecule has 0 aliphatic carbocycles. The van der Waals surface area contributed by atoms with Crippen molar-refractivity contribution in [3.8, 4) is 0 Å². The van der Waals surface area contributed by atoms with Gasteiger partial charge in [-0.25, -0.2) is 0 Å². The molecule has 160 valence electrons. The van der Waals surface area contributed by atoms with Gasteiger partial charge in [-0.15, -0.1) is 0 Å². The van der Waals surface area contributed by atoms with E-state index in [0.717, 1.165) is 51.5 Å². The molecule has 0 N–H and O–H groups in total. The Bertz CT molecular complexity index is 791. The van der Waals surface area contributed by atoms with E-state index in [1.807, 2.05) is 0 Å². The van der Waals surface area contributed by atoms with Crippen LogP contribution in [-0.2, 0) is 11.3 Å². The van der Waals surface area contributed by atoms with Gasteiger partial charge in [-0.3, -0.25) is 9.69 Å². The molecule has 4 heteroatoms. The summed E-state index contributed by atoms with van der Waals surface area (Å²) in [5.41, 5.74) is 3.80. The van der Waals surface area contributed by atoms with E-state index in [1.54, 1.807) is 0 Å². The van der Waals surface area contributed by atoms with Crippen LogP contribution in [0.1, 0.15) is 44.1 Å². The van der Waals surface area contributed by atoms with E-state index in [-0.39, 0.29) is 0 Å². The number of likely N-dealkylation sites (tertiary alicyclic amines) is 2. The quantitative estimate of drug-likeness (QED) is 0.643. The summed E-state index contributed by atoms with van der Waals surface area (Å²) < 4.78 is 0. The van der Waals surface area contributed by atoms with Gasteiger partial charge in [0.2, 0.25) is 5.91 Å². The molecule has 30 heavy (non-hydrogen) atoms. The summed E-state index contributed by atoms with van der Waals surface area (Å²) in [6.07, 6.45) is 6.65. The molecule has 4 nitrogen and oxygen atoms in total. The monoisotopic (exact) mass is 405 g/mol. The first-order valence-electron chi connectivity index (χ1n) is 11.6. The van der Waals surface area contributed by atoms with Crippen LogP contribution in [-0.4, -0.2) is 48.9 Å². The van der Waals surface area contributed by atoms with Crippen molar-refractivity contribution in [1.82, 2.24) is 9.80 Å². The van der Waals surface area contributed by atoms with Crippen LogP contribution in [0.5, 0.6) is 0 Å². The van der Waals surface area contributed by atoms with E-state index >= 15 is 0 Å². The van der Waals surface area contributed by atoms with Gasteiger partial charge in [0, 0.05) is 44.5 Å². The molecule has 0 atom stereocenters. The summed E-state index contributed by atoms with van der Waals surface area (Å²) in [4.78, 5) is 19.1. The highest BCUT2D eigenvalue weighted by atomic mass is 16.2. The van der Waals surface area contributed by atoms with Crippen molar-refractivity contribution < 1.29 is 4.79 Å². The Morgan fingerprint density at radius 2 is 1.53 bits per heavy atom. The van der Waals surface area contributed by atoms with Gasteiger partial charge in [0.25, 0.3) is 0 Å². The molecule has 0 unspecified atom stereocenters. The first kappa shape index (κ1) is 20.9. The topological polar surface area (TPSA) is 26.8 Å². The lowest BCUT2D eigenvalue weighted by Gasteiger charge is -2.32. The van der Waals surface area contributed by atoms with E-state index in [0.29, 0.717) is 5.91 Å². The highest BCUT2D eigenvalue weighted by Crippen LogP contribution is 2.26. The summed E-state index contributed by atoms with van der Waals surface area (Å²) in [5.74, 6) is 1.10. The summed E-state index contributed by atoms with van der Waals surface area (Å²) in [7, 11) is 2.11. The molecule has 2 fully saturated rings. The minimum atomic E-state index is 0.385. The summed E-state index contributed by atoms with van der Waals surface area (Å²) in [6, 6.07) is 19.4. The Hall–Kier alpha value is -2.33. The summed E-state index contributed by atoms with van der Waals surface area (Å²) in [6.45, 7) is 5.28. The number of piperidine rings is 1. The highest BCUT2D eigenvalue weighted by Gasteiger charge is 2.22. The van der Waals surface area contributed by atoms with Crippen molar-refractivity contribution in [3.05, 3.63) is 60.2 Å². The number of rotatable bonds is 7. The average Bonchev–Trinajstić information content (AvgIpc) is 3.34. The van der Waals surface area contributed by atoms with E-state index in [4.69, 9.17) is 0 Å². The Kier molecular flexibility index (Phi) is 7.06. The molecule has 1 amide bonds. The largest absolute Gasteiger partial charge is 0.345 e. The molecule has 2 aromatic carbocycles. The van der Waals surface area contributed by atoms with Gasteiger partial charge in [0.15, 0.2) is 0 Å². The number of benzene rings is 2. The van der Waals surface area contributed by atoms with Gasteiger partial charge in [-0.05, 0) is 80.9 Å². The Balaban J connectivity index is 1.21. The predicted molar refractivity (Wildman–Crippen MR) is 124 cm³/mol. The molecule has 2 aliphatic rings. The molecular weight excluding hydrogens is 370 g/mol.